The summed E-state index contributed by atoms with van der Waals surface area (Å²) >= 11 is 0. The summed E-state index contributed by atoms with van der Waals surface area (Å²) in [4.78, 5) is 15.9. The summed E-state index contributed by atoms with van der Waals surface area (Å²) in [6.45, 7) is 0. The van der Waals surface area contributed by atoms with Gasteiger partial charge in [0.2, 0.25) is 0 Å². The van der Waals surface area contributed by atoms with E-state index in [0.717, 1.165) is 0 Å². The molecule has 0 saturated heterocycles. The number of halogens is 1. The molecule has 4 nitrogen and oxygen atoms in total. The molecule has 0 unspecified atom stereocenters. The monoisotopic (exact) mass is 280 g/mol. The average molecular weight is 280 g/mol. The van der Waals surface area contributed by atoms with Gasteiger partial charge in [-0.25, -0.2) is 14.2 Å². The van der Waals surface area contributed by atoms with Gasteiger partial charge in [-0.2, -0.15) is 0 Å². The van der Waals surface area contributed by atoms with Crippen molar-refractivity contribution in [3.05, 3.63) is 54.1 Å². The highest BCUT2D eigenvalue weighted by molar-refractivity contribution is 6.35. The van der Waals surface area contributed by atoms with Crippen LogP contribution in [0.3, 0.4) is 0 Å². The summed E-state index contributed by atoms with van der Waals surface area (Å²) < 4.78 is 19.7. The van der Waals surface area contributed by atoms with Gasteiger partial charge in [0.15, 0.2) is 0 Å². The zero-order valence-corrected chi connectivity index (χ0v) is 11.2. The number of aromatic nitrogens is 2. The summed E-state index contributed by atoms with van der Waals surface area (Å²) in [7, 11) is 7.17. The first kappa shape index (κ1) is 13.4. The van der Waals surface area contributed by atoms with E-state index < -0.39 is 5.97 Å². The van der Waals surface area contributed by atoms with Crippen molar-refractivity contribution in [1.29, 1.82) is 0 Å². The standard InChI is InChI=1S/C15H10BFN2O2/c1-21-15(20)9-4-5-19-8-13(18-14(19)6-9)11-7-10(17)2-3-12(11)16/h2-8H,1H3. The number of carbonyl (C=O) groups is 1. The van der Waals surface area contributed by atoms with Crippen LogP contribution >= 0.6 is 0 Å². The molecule has 0 bridgehead atoms. The number of methoxy groups -OCH3 is 1. The quantitative estimate of drug-likeness (QED) is 0.530. The van der Waals surface area contributed by atoms with Gasteiger partial charge >= 0.3 is 5.97 Å². The SMILES string of the molecule is [B]c1ccc(F)cc1-c1cn2ccc(C(=O)OC)cc2n1. The predicted molar refractivity (Wildman–Crippen MR) is 77.3 cm³/mol. The zero-order valence-electron chi connectivity index (χ0n) is 11.2. The Hall–Kier alpha value is -2.63. The van der Waals surface area contributed by atoms with Gasteiger partial charge in [0, 0.05) is 12.4 Å². The lowest BCUT2D eigenvalue weighted by Gasteiger charge is -2.01. The number of imidazole rings is 1. The first-order valence-corrected chi connectivity index (χ1v) is 6.21. The third-order valence-corrected chi connectivity index (χ3v) is 3.17. The summed E-state index contributed by atoms with van der Waals surface area (Å²) in [6, 6.07) is 7.35. The molecule has 3 rings (SSSR count). The van der Waals surface area contributed by atoms with E-state index in [1.54, 1.807) is 28.9 Å². The van der Waals surface area contributed by atoms with Crippen LogP contribution in [0.15, 0.2) is 42.7 Å². The molecule has 2 aromatic heterocycles. The van der Waals surface area contributed by atoms with Gasteiger partial charge in [0.1, 0.15) is 19.3 Å². The highest BCUT2D eigenvalue weighted by Crippen LogP contribution is 2.19. The van der Waals surface area contributed by atoms with E-state index in [-0.39, 0.29) is 5.82 Å². The van der Waals surface area contributed by atoms with Gasteiger partial charge in [0.05, 0.1) is 18.4 Å². The number of pyridine rings is 1. The Morgan fingerprint density at radius 3 is 2.90 bits per heavy atom. The Kier molecular flexibility index (Phi) is 3.21. The summed E-state index contributed by atoms with van der Waals surface area (Å²) in [5, 5.41) is 0. The molecule has 0 N–H and O–H groups in total. The van der Waals surface area contributed by atoms with Crippen LogP contribution in [0.25, 0.3) is 16.9 Å². The smallest absolute Gasteiger partial charge is 0.338 e. The number of esters is 1. The minimum atomic E-state index is -0.438. The molecule has 0 fully saturated rings. The van der Waals surface area contributed by atoms with Crippen LogP contribution in [0.4, 0.5) is 4.39 Å². The Morgan fingerprint density at radius 2 is 2.14 bits per heavy atom. The average Bonchev–Trinajstić information content (AvgIpc) is 2.91. The molecule has 0 aliphatic carbocycles. The Bertz CT molecular complexity index is 845. The van der Waals surface area contributed by atoms with Gasteiger partial charge in [-0.1, -0.05) is 11.5 Å². The van der Waals surface area contributed by atoms with Crippen LogP contribution in [0.2, 0.25) is 0 Å². The van der Waals surface area contributed by atoms with Crippen molar-refractivity contribution in [2.75, 3.05) is 7.11 Å². The number of rotatable bonds is 2. The van der Waals surface area contributed by atoms with E-state index >= 15 is 0 Å². The second-order valence-electron chi connectivity index (χ2n) is 4.53. The molecule has 21 heavy (non-hydrogen) atoms. The fourth-order valence-electron chi connectivity index (χ4n) is 2.11. The molecular formula is C15H10BFN2O2. The predicted octanol–water partition coefficient (Wildman–Crippen LogP) is 1.72. The summed E-state index contributed by atoms with van der Waals surface area (Å²) in [5.41, 5.74) is 2.44. The molecule has 0 spiro atoms. The zero-order chi connectivity index (χ0) is 15.0. The van der Waals surface area contributed by atoms with E-state index in [4.69, 9.17) is 7.85 Å². The Morgan fingerprint density at radius 1 is 1.33 bits per heavy atom. The second kappa shape index (κ2) is 5.05. The van der Waals surface area contributed by atoms with Crippen molar-refractivity contribution < 1.29 is 13.9 Å². The van der Waals surface area contributed by atoms with E-state index in [9.17, 15) is 9.18 Å². The van der Waals surface area contributed by atoms with Gasteiger partial charge in [-0.3, -0.25) is 0 Å². The lowest BCUT2D eigenvalue weighted by molar-refractivity contribution is 0.0600. The molecule has 0 amide bonds. The van der Waals surface area contributed by atoms with E-state index in [1.165, 1.54) is 25.3 Å². The number of hydrogen-bond acceptors (Lipinski definition) is 3. The Balaban J connectivity index is 2.13. The van der Waals surface area contributed by atoms with Crippen LogP contribution in [0.5, 0.6) is 0 Å². The molecule has 2 heterocycles. The number of ether oxygens (including phenoxy) is 1. The lowest BCUT2D eigenvalue weighted by Crippen LogP contribution is -2.06. The molecule has 0 atom stereocenters. The largest absolute Gasteiger partial charge is 0.465 e. The lowest BCUT2D eigenvalue weighted by atomic mass is 9.89. The maximum Gasteiger partial charge on any atom is 0.338 e. The highest BCUT2D eigenvalue weighted by atomic mass is 19.1. The number of nitrogens with zero attached hydrogens (tertiary/aromatic N) is 2. The minimum absolute atomic E-state index is 0.383. The van der Waals surface area contributed by atoms with E-state index in [0.29, 0.717) is 27.9 Å². The molecule has 1 aromatic carbocycles. The summed E-state index contributed by atoms with van der Waals surface area (Å²) in [5.74, 6) is -0.821. The molecule has 2 radical (unpaired) electrons. The third-order valence-electron chi connectivity index (χ3n) is 3.17. The van der Waals surface area contributed by atoms with Gasteiger partial charge < -0.3 is 9.14 Å². The Labute approximate surface area is 121 Å². The van der Waals surface area contributed by atoms with Gasteiger partial charge in [0.25, 0.3) is 0 Å². The molecular weight excluding hydrogens is 270 g/mol. The molecule has 102 valence electrons. The number of carbonyl (C=O) groups excluding carboxylic acids is 1. The maximum absolute atomic E-state index is 13.4. The maximum atomic E-state index is 13.4. The molecule has 0 aliphatic heterocycles. The fraction of sp³-hybridized carbons (Fsp3) is 0.0667. The van der Waals surface area contributed by atoms with Crippen molar-refractivity contribution in [2.24, 2.45) is 0 Å². The molecule has 3 aromatic rings. The second-order valence-corrected chi connectivity index (χ2v) is 4.53. The van der Waals surface area contributed by atoms with Crippen molar-refractivity contribution >= 4 is 24.9 Å². The molecule has 6 heteroatoms. The summed E-state index contributed by atoms with van der Waals surface area (Å²) in [6.07, 6.45) is 3.41. The van der Waals surface area contributed by atoms with Crippen molar-refractivity contribution in [3.8, 4) is 11.3 Å². The van der Waals surface area contributed by atoms with Gasteiger partial charge in [-0.05, 0) is 29.8 Å². The van der Waals surface area contributed by atoms with Crippen molar-refractivity contribution in [3.63, 3.8) is 0 Å². The topological polar surface area (TPSA) is 43.6 Å². The third kappa shape index (κ3) is 2.40. The minimum Gasteiger partial charge on any atom is -0.465 e. The van der Waals surface area contributed by atoms with Crippen LogP contribution in [0.1, 0.15) is 10.4 Å². The van der Waals surface area contributed by atoms with Crippen molar-refractivity contribution in [2.45, 2.75) is 0 Å². The number of benzene rings is 1. The van der Waals surface area contributed by atoms with Crippen LogP contribution < -0.4 is 5.46 Å². The molecule has 0 saturated carbocycles. The first-order valence-electron chi connectivity index (χ1n) is 6.21. The van der Waals surface area contributed by atoms with E-state index in [2.05, 4.69) is 9.72 Å². The normalized spacial score (nSPS) is 10.8. The van der Waals surface area contributed by atoms with Crippen LogP contribution in [0, 0.1) is 5.82 Å². The first-order chi connectivity index (χ1) is 10.1. The fourth-order valence-corrected chi connectivity index (χ4v) is 2.11. The highest BCUT2D eigenvalue weighted by Gasteiger charge is 2.11. The molecule has 0 aliphatic rings. The van der Waals surface area contributed by atoms with Crippen LogP contribution in [-0.4, -0.2) is 30.3 Å². The van der Waals surface area contributed by atoms with E-state index in [1.807, 2.05) is 0 Å². The van der Waals surface area contributed by atoms with Gasteiger partial charge in [-0.15, -0.1) is 0 Å². The van der Waals surface area contributed by atoms with Crippen molar-refractivity contribution in [1.82, 2.24) is 9.38 Å². The number of hydrogen-bond donors (Lipinski definition) is 0. The van der Waals surface area contributed by atoms with Crippen LogP contribution in [-0.2, 0) is 4.74 Å². The number of fused-ring (bicyclic) bond motifs is 1.